The van der Waals surface area contributed by atoms with Crippen LogP contribution < -0.4 is 4.74 Å². The molecule has 0 spiro atoms. The fraction of sp³-hybridized carbons (Fsp3) is 0.500. The van der Waals surface area contributed by atoms with Crippen molar-refractivity contribution in [3.8, 4) is 5.75 Å². The summed E-state index contributed by atoms with van der Waals surface area (Å²) in [5.74, 6) is 2.68. The fourth-order valence-electron chi connectivity index (χ4n) is 1.39. The molecule has 0 aromatic heterocycles. The zero-order valence-electron chi connectivity index (χ0n) is 9.55. The van der Waals surface area contributed by atoms with E-state index in [4.69, 9.17) is 4.74 Å². The van der Waals surface area contributed by atoms with Gasteiger partial charge in [0.2, 0.25) is 0 Å². The second-order valence-electron chi connectivity index (χ2n) is 3.95. The topological polar surface area (TPSA) is 9.23 Å². The smallest absolute Gasteiger partial charge is 0.145 e. The first-order valence-electron chi connectivity index (χ1n) is 5.42. The summed E-state index contributed by atoms with van der Waals surface area (Å²) >= 11 is 11.3. The fourth-order valence-corrected chi connectivity index (χ4v) is 5.73. The standard InChI is InChI=1S/C12H15I3OS/c1-8(3-5-17)2-4-16-12-10(14)6-9(13)7-11(12)15/h6-8,17H,2-5H2,1H3. The second kappa shape index (κ2) is 8.68. The molecule has 0 saturated heterocycles. The van der Waals surface area contributed by atoms with Gasteiger partial charge in [-0.2, -0.15) is 12.6 Å². The molecule has 0 aliphatic carbocycles. The van der Waals surface area contributed by atoms with Gasteiger partial charge < -0.3 is 4.74 Å². The Hall–Kier alpha value is 1.56. The molecule has 0 amide bonds. The van der Waals surface area contributed by atoms with E-state index < -0.39 is 0 Å². The molecule has 96 valence electrons. The lowest BCUT2D eigenvalue weighted by Gasteiger charge is -2.13. The quantitative estimate of drug-likeness (QED) is 0.355. The normalized spacial score (nSPS) is 12.5. The molecule has 1 aromatic carbocycles. The van der Waals surface area contributed by atoms with Gasteiger partial charge in [0.25, 0.3) is 0 Å². The average Bonchev–Trinajstić information content (AvgIpc) is 2.22. The number of ether oxygens (including phenoxy) is 1. The molecule has 0 radical (unpaired) electrons. The summed E-state index contributed by atoms with van der Waals surface area (Å²) < 4.78 is 9.54. The highest BCUT2D eigenvalue weighted by molar-refractivity contribution is 14.1. The van der Waals surface area contributed by atoms with E-state index >= 15 is 0 Å². The van der Waals surface area contributed by atoms with E-state index in [1.54, 1.807) is 0 Å². The zero-order valence-corrected chi connectivity index (χ0v) is 16.9. The van der Waals surface area contributed by atoms with Crippen molar-refractivity contribution in [2.45, 2.75) is 19.8 Å². The minimum Gasteiger partial charge on any atom is -0.491 e. The van der Waals surface area contributed by atoms with Gasteiger partial charge in [0.05, 0.1) is 13.7 Å². The van der Waals surface area contributed by atoms with Crippen molar-refractivity contribution in [1.82, 2.24) is 0 Å². The molecule has 0 bridgehead atoms. The Bertz CT molecular complexity index is 348. The molecule has 1 atom stereocenters. The number of benzene rings is 1. The first-order chi connectivity index (χ1) is 8.04. The van der Waals surface area contributed by atoms with Gasteiger partial charge in [0.15, 0.2) is 0 Å². The van der Waals surface area contributed by atoms with Crippen LogP contribution in [0.5, 0.6) is 5.75 Å². The molecule has 1 unspecified atom stereocenters. The van der Waals surface area contributed by atoms with Gasteiger partial charge in [-0.15, -0.1) is 0 Å². The van der Waals surface area contributed by atoms with E-state index in [1.807, 2.05) is 0 Å². The van der Waals surface area contributed by atoms with Gasteiger partial charge >= 0.3 is 0 Å². The Labute approximate surface area is 150 Å². The molecule has 1 nitrogen and oxygen atoms in total. The Balaban J connectivity index is 2.52. The van der Waals surface area contributed by atoms with E-state index in [0.29, 0.717) is 5.92 Å². The Morgan fingerprint density at radius 1 is 1.18 bits per heavy atom. The highest BCUT2D eigenvalue weighted by atomic mass is 127. The second-order valence-corrected chi connectivity index (χ2v) is 7.97. The van der Waals surface area contributed by atoms with Crippen molar-refractivity contribution < 1.29 is 4.74 Å². The lowest BCUT2D eigenvalue weighted by Crippen LogP contribution is -2.06. The largest absolute Gasteiger partial charge is 0.491 e. The van der Waals surface area contributed by atoms with Gasteiger partial charge in [-0.3, -0.25) is 0 Å². The van der Waals surface area contributed by atoms with Crippen LogP contribution in [0.2, 0.25) is 0 Å². The van der Waals surface area contributed by atoms with Gasteiger partial charge in [-0.1, -0.05) is 6.92 Å². The minimum absolute atomic E-state index is 0.687. The number of hydrogen-bond donors (Lipinski definition) is 1. The lowest BCUT2D eigenvalue weighted by molar-refractivity contribution is 0.279. The van der Waals surface area contributed by atoms with Crippen LogP contribution in [0.3, 0.4) is 0 Å². The van der Waals surface area contributed by atoms with E-state index in [1.165, 1.54) is 10.7 Å². The number of thiol groups is 1. The van der Waals surface area contributed by atoms with Crippen molar-refractivity contribution in [1.29, 1.82) is 0 Å². The maximum absolute atomic E-state index is 5.90. The van der Waals surface area contributed by atoms with Crippen LogP contribution in [-0.2, 0) is 0 Å². The van der Waals surface area contributed by atoms with Crippen LogP contribution in [0.1, 0.15) is 19.8 Å². The van der Waals surface area contributed by atoms with Crippen LogP contribution in [-0.4, -0.2) is 12.4 Å². The van der Waals surface area contributed by atoms with Crippen molar-refractivity contribution in [3.05, 3.63) is 22.8 Å². The highest BCUT2D eigenvalue weighted by Crippen LogP contribution is 2.29. The molecule has 0 aliphatic heterocycles. The van der Waals surface area contributed by atoms with E-state index in [-0.39, 0.29) is 0 Å². The van der Waals surface area contributed by atoms with Crippen molar-refractivity contribution in [2.24, 2.45) is 5.92 Å². The number of rotatable bonds is 6. The Morgan fingerprint density at radius 3 is 2.29 bits per heavy atom. The summed E-state index contributed by atoms with van der Waals surface area (Å²) in [6, 6.07) is 4.30. The van der Waals surface area contributed by atoms with Gasteiger partial charge in [0.1, 0.15) is 5.75 Å². The van der Waals surface area contributed by atoms with E-state index in [2.05, 4.69) is 99.5 Å². The predicted molar refractivity (Wildman–Crippen MR) is 102 cm³/mol. The molecular formula is C12H15I3OS. The molecule has 0 heterocycles. The minimum atomic E-state index is 0.687. The maximum Gasteiger partial charge on any atom is 0.145 e. The van der Waals surface area contributed by atoms with Crippen LogP contribution in [0.15, 0.2) is 12.1 Å². The molecule has 5 heteroatoms. The Kier molecular flexibility index (Phi) is 8.48. The predicted octanol–water partition coefficient (Wildman–Crippen LogP) is 5.23. The molecule has 1 rings (SSSR count). The monoisotopic (exact) mass is 588 g/mol. The maximum atomic E-state index is 5.90. The summed E-state index contributed by atoms with van der Waals surface area (Å²) in [5.41, 5.74) is 0. The third-order valence-electron chi connectivity index (χ3n) is 2.44. The summed E-state index contributed by atoms with van der Waals surface area (Å²) in [7, 11) is 0. The summed E-state index contributed by atoms with van der Waals surface area (Å²) in [6.07, 6.45) is 2.26. The van der Waals surface area contributed by atoms with Crippen LogP contribution in [0.4, 0.5) is 0 Å². The summed E-state index contributed by atoms with van der Waals surface area (Å²) in [5, 5.41) is 0. The van der Waals surface area contributed by atoms with Crippen LogP contribution in [0.25, 0.3) is 0 Å². The van der Waals surface area contributed by atoms with E-state index in [0.717, 1.165) is 31.0 Å². The average molecular weight is 588 g/mol. The number of hydrogen-bond acceptors (Lipinski definition) is 2. The Morgan fingerprint density at radius 2 is 1.76 bits per heavy atom. The lowest BCUT2D eigenvalue weighted by atomic mass is 10.1. The van der Waals surface area contributed by atoms with Gasteiger partial charge in [-0.05, 0) is 104 Å². The molecule has 0 N–H and O–H groups in total. The SMILES string of the molecule is CC(CCS)CCOc1c(I)cc(I)cc1I. The molecule has 0 fully saturated rings. The molecule has 17 heavy (non-hydrogen) atoms. The van der Waals surface area contributed by atoms with Crippen molar-refractivity contribution in [2.75, 3.05) is 12.4 Å². The third-order valence-corrected chi connectivity index (χ3v) is 4.93. The summed E-state index contributed by atoms with van der Waals surface area (Å²) in [6.45, 7) is 3.05. The highest BCUT2D eigenvalue weighted by Gasteiger charge is 2.09. The summed E-state index contributed by atoms with van der Waals surface area (Å²) in [4.78, 5) is 0. The first-order valence-corrected chi connectivity index (χ1v) is 9.29. The van der Waals surface area contributed by atoms with Crippen molar-refractivity contribution in [3.63, 3.8) is 0 Å². The van der Waals surface area contributed by atoms with Crippen LogP contribution >= 0.6 is 80.4 Å². The molecule has 0 saturated carbocycles. The van der Waals surface area contributed by atoms with Gasteiger partial charge in [0, 0.05) is 3.57 Å². The molecule has 0 aliphatic rings. The van der Waals surface area contributed by atoms with Crippen molar-refractivity contribution >= 4 is 80.4 Å². The van der Waals surface area contributed by atoms with Gasteiger partial charge in [-0.25, -0.2) is 0 Å². The van der Waals surface area contributed by atoms with Crippen LogP contribution in [0, 0.1) is 16.6 Å². The zero-order chi connectivity index (χ0) is 12.8. The first kappa shape index (κ1) is 16.6. The van der Waals surface area contributed by atoms with E-state index in [9.17, 15) is 0 Å². The molecule has 1 aromatic rings. The molecular weight excluding hydrogens is 573 g/mol. The number of halogens is 3. The third kappa shape index (κ3) is 6.03.